The number of esters is 1. The second-order valence-electron chi connectivity index (χ2n) is 31.0. The van der Waals surface area contributed by atoms with Crippen LogP contribution in [0.1, 0.15) is 161 Å². The molecule has 13 heteroatoms. The van der Waals surface area contributed by atoms with Gasteiger partial charge in [-0.3, -0.25) is 4.79 Å². The average molecular weight is 1470 g/mol. The van der Waals surface area contributed by atoms with Gasteiger partial charge in [-0.1, -0.05) is 68.6 Å². The van der Waals surface area contributed by atoms with Crippen molar-refractivity contribution in [3.63, 3.8) is 0 Å². The van der Waals surface area contributed by atoms with Crippen molar-refractivity contribution < 1.29 is 27.8 Å². The molecule has 17 rings (SSSR count). The Balaban J connectivity index is 0.000000126. The van der Waals surface area contributed by atoms with Crippen LogP contribution in [-0.4, -0.2) is 102 Å². The number of anilines is 3. The summed E-state index contributed by atoms with van der Waals surface area (Å²) in [5.74, 6) is 1.22. The minimum Gasteiger partial charge on any atom is -0.426 e. The van der Waals surface area contributed by atoms with E-state index < -0.39 is 5.41 Å². The number of aryl methyl sites for hydroxylation is 9. The Hall–Kier alpha value is -9.15. The van der Waals surface area contributed by atoms with Crippen molar-refractivity contribution in [3.8, 4) is 5.75 Å². The van der Waals surface area contributed by atoms with E-state index in [1.807, 2.05) is 54.4 Å². The molecule has 104 heavy (non-hydrogen) atoms. The first-order valence-corrected chi connectivity index (χ1v) is 39.1. The highest BCUT2D eigenvalue weighted by molar-refractivity contribution is 9.11. The molecule has 0 bridgehead atoms. The van der Waals surface area contributed by atoms with E-state index in [2.05, 4.69) is 219 Å². The average Bonchev–Trinajstić information content (AvgIpc) is 1.51. The van der Waals surface area contributed by atoms with Crippen LogP contribution < -0.4 is 19.4 Å². The molecule has 0 fully saturated rings. The number of para-hydroxylation sites is 1. The zero-order chi connectivity index (χ0) is 72.2. The number of rotatable bonds is 13. The van der Waals surface area contributed by atoms with E-state index in [9.17, 15) is 4.79 Å². The van der Waals surface area contributed by atoms with Crippen molar-refractivity contribution in [2.24, 2.45) is 0 Å². The fourth-order valence-corrected chi connectivity index (χ4v) is 19.3. The van der Waals surface area contributed by atoms with Gasteiger partial charge in [-0.2, -0.15) is 13.7 Å². The predicted molar refractivity (Wildman–Crippen MR) is 432 cm³/mol. The van der Waals surface area contributed by atoms with E-state index in [0.29, 0.717) is 16.5 Å². The Bertz CT molecular complexity index is 4930. The van der Waals surface area contributed by atoms with Crippen LogP contribution in [0.25, 0.3) is 23.1 Å². The number of nitrogens with zero attached hydrogens (tertiary/aromatic N) is 8. The molecule has 0 aliphatic carbocycles. The van der Waals surface area contributed by atoms with Crippen LogP contribution in [0, 0.1) is 27.3 Å². The summed E-state index contributed by atoms with van der Waals surface area (Å²) in [4.78, 5) is 26.6. The maximum absolute atomic E-state index is 13.2. The molecule has 0 radical (unpaired) electrons. The molecule has 0 saturated heterocycles. The van der Waals surface area contributed by atoms with Crippen molar-refractivity contribution in [3.05, 3.63) is 256 Å². The standard InChI is InChI=1S/C32H32ClN2O2.C31H36N3O.C28H29BrN3/c1-32(21-30(36)37-26-10-4-3-5-11-26)27-20-25(33)13-14-28(27)34(2)29(32)15-12-22-18-23-8-6-16-35-17-7-9-24(19-22)31(23)35;1-20-10-12-28-27(16-20)31(4,19-26-21(2)32-35-22(26)3)29(33(28)5)13-11-23-17-24-8-6-14-34-15-7-9-25(18-23)30(24)34;1-28(13-6-14-29)24-19-23(30-2)10-11-25(24)31(3)26(28)12-9-20-17-21-7-4-15-32-16-5-8-22(18-20)27(21)32/h3-5,10-15,18-20H,6-9,16-17,21H2,1-2H3;10-13,16-18H,6-9,14-15,19H2,1-5H3;6,9-12,14,17-19H,4-5,7-8,13,15-16H2,1,3H3/q3*+1/b;;14-6+. The SMILES string of the molecule is C[N+]1=C(/C=C/c2cc3c4c(c2)CCCN4CCC3)C(C)(CC(=O)Oc2ccccc2)c2cc(Cl)ccc21.Cc1ccc2c(c1)C(C)(Cc1c(C)noc1C)C(/C=C/c1cc3c4c(c1)CCCN4CCC3)=[N+]2C.[C-]#[N+]c1ccc2c(c1)C(C)(C/C=C/Br)C(/C=C/c1cc3c4c(c1)CCCN4CCC3)=[N+]2C. The fourth-order valence-electron chi connectivity index (χ4n) is 19.0. The number of carbonyl (C=O) groups is 1. The first-order valence-electron chi connectivity index (χ1n) is 37.8. The van der Waals surface area contributed by atoms with Crippen molar-refractivity contribution in [2.45, 2.75) is 154 Å². The third kappa shape index (κ3) is 13.3. The largest absolute Gasteiger partial charge is 0.426 e. The van der Waals surface area contributed by atoms with Crippen LogP contribution in [0.2, 0.25) is 5.02 Å². The summed E-state index contributed by atoms with van der Waals surface area (Å²) in [7, 11) is 6.42. The van der Waals surface area contributed by atoms with E-state index in [4.69, 9.17) is 27.4 Å². The van der Waals surface area contributed by atoms with Gasteiger partial charge in [-0.25, -0.2) is 4.85 Å². The Morgan fingerprint density at radius 2 is 0.981 bits per heavy atom. The summed E-state index contributed by atoms with van der Waals surface area (Å²) in [6.07, 6.45) is 32.4. The molecule has 1 aromatic heterocycles. The summed E-state index contributed by atoms with van der Waals surface area (Å²) < 4.78 is 18.1. The van der Waals surface area contributed by atoms with Crippen LogP contribution in [0.5, 0.6) is 5.75 Å². The van der Waals surface area contributed by atoms with Gasteiger partial charge in [0, 0.05) is 114 Å². The van der Waals surface area contributed by atoms with Crippen LogP contribution in [0.3, 0.4) is 0 Å². The molecular weight excluding hydrogens is 1370 g/mol. The maximum atomic E-state index is 13.2. The molecule has 0 amide bonds. The molecule has 0 N–H and O–H groups in total. The first kappa shape index (κ1) is 70.5. The van der Waals surface area contributed by atoms with Gasteiger partial charge in [0.05, 0.1) is 34.9 Å². The lowest BCUT2D eigenvalue weighted by molar-refractivity contribution is -0.401. The van der Waals surface area contributed by atoms with Crippen molar-refractivity contribution in [1.29, 1.82) is 0 Å². The lowest BCUT2D eigenvalue weighted by Crippen LogP contribution is -2.35. The van der Waals surface area contributed by atoms with E-state index in [1.54, 1.807) is 12.1 Å². The Morgan fingerprint density at radius 3 is 1.42 bits per heavy atom. The minimum absolute atomic E-state index is 0.160. The highest BCUT2D eigenvalue weighted by atomic mass is 79.9. The lowest BCUT2D eigenvalue weighted by atomic mass is 9.73. The van der Waals surface area contributed by atoms with Crippen LogP contribution in [-0.2, 0) is 66.0 Å². The van der Waals surface area contributed by atoms with Gasteiger partial charge < -0.3 is 24.0 Å². The predicted octanol–water partition coefficient (Wildman–Crippen LogP) is 19.9. The minimum atomic E-state index is -0.573. The topological polar surface area (TPSA) is 75.4 Å². The van der Waals surface area contributed by atoms with Gasteiger partial charge in [0.1, 0.15) is 32.7 Å². The van der Waals surface area contributed by atoms with Crippen molar-refractivity contribution >= 4 is 109 Å². The van der Waals surface area contributed by atoms with E-state index in [1.165, 1.54) is 216 Å². The summed E-state index contributed by atoms with van der Waals surface area (Å²) in [6.45, 7) is 27.8. The summed E-state index contributed by atoms with van der Waals surface area (Å²) in [5, 5.41) is 4.92. The van der Waals surface area contributed by atoms with E-state index in [-0.39, 0.29) is 23.2 Å². The molecule has 8 aromatic rings. The molecule has 7 aromatic carbocycles. The summed E-state index contributed by atoms with van der Waals surface area (Å²) >= 11 is 9.88. The van der Waals surface area contributed by atoms with Crippen molar-refractivity contribution in [1.82, 2.24) is 5.16 Å². The first-order chi connectivity index (χ1) is 50.3. The number of fused-ring (bicyclic) bond motifs is 3. The van der Waals surface area contributed by atoms with Gasteiger partial charge in [0.2, 0.25) is 17.1 Å². The molecule has 0 saturated carbocycles. The van der Waals surface area contributed by atoms with Gasteiger partial charge in [-0.05, 0) is 290 Å². The fraction of sp³-hybridized carbons (Fsp3) is 0.363. The van der Waals surface area contributed by atoms with Crippen LogP contribution in [0.4, 0.5) is 39.8 Å². The molecule has 9 aliphatic rings. The summed E-state index contributed by atoms with van der Waals surface area (Å²) in [5.41, 5.74) is 31.6. The van der Waals surface area contributed by atoms with E-state index in [0.717, 1.165) is 54.1 Å². The molecule has 10 heterocycles. The Kier molecular flexibility index (Phi) is 19.7. The Morgan fingerprint density at radius 1 is 0.558 bits per heavy atom. The smallest absolute Gasteiger partial charge is 0.312 e. The highest BCUT2D eigenvalue weighted by Crippen LogP contribution is 2.49. The van der Waals surface area contributed by atoms with Gasteiger partial charge in [0.15, 0.2) is 22.8 Å². The molecule has 9 aliphatic heterocycles. The lowest BCUT2D eigenvalue weighted by Gasteiger charge is -2.37. The second kappa shape index (κ2) is 29.1. The third-order valence-corrected chi connectivity index (χ3v) is 24.6. The zero-order valence-electron chi connectivity index (χ0n) is 62.1. The van der Waals surface area contributed by atoms with E-state index >= 15 is 0 Å². The number of aromatic nitrogens is 1. The summed E-state index contributed by atoms with van der Waals surface area (Å²) in [6, 6.07) is 42.5. The molecular formula is C91H97BrClN8O3+3. The zero-order valence-corrected chi connectivity index (χ0v) is 64.4. The van der Waals surface area contributed by atoms with Gasteiger partial charge >= 0.3 is 5.97 Å². The number of hydrogen-bond donors (Lipinski definition) is 0. The molecule has 11 nitrogen and oxygen atoms in total. The Labute approximate surface area is 628 Å². The number of ether oxygens (including phenoxy) is 1. The quantitative estimate of drug-likeness (QED) is 0.0493. The maximum Gasteiger partial charge on any atom is 0.312 e. The number of hydrogen-bond acceptors (Lipinski definition) is 7. The number of benzene rings is 7. The third-order valence-electron chi connectivity index (χ3n) is 24.0. The van der Waals surface area contributed by atoms with Gasteiger partial charge in [0.25, 0.3) is 0 Å². The highest BCUT2D eigenvalue weighted by Gasteiger charge is 2.51. The second-order valence-corrected chi connectivity index (χ2v) is 31.9. The number of carbonyl (C=O) groups excluding carboxylic acids is 1. The normalized spacial score (nSPS) is 21.0. The van der Waals surface area contributed by atoms with Crippen LogP contribution >= 0.6 is 27.5 Å². The monoisotopic (exact) mass is 1460 g/mol. The molecule has 3 atom stereocenters. The molecule has 0 spiro atoms. The van der Waals surface area contributed by atoms with Crippen LogP contribution in [0.15, 0.2) is 155 Å². The number of allylic oxidation sites excluding steroid dienone is 4. The molecule has 530 valence electrons. The number of halogens is 2. The molecule has 3 unspecified atom stereocenters. The van der Waals surface area contributed by atoms with Gasteiger partial charge in [-0.15, -0.1) is 0 Å². The van der Waals surface area contributed by atoms with Crippen molar-refractivity contribution in [2.75, 3.05) is 75.1 Å².